The first kappa shape index (κ1) is 21.0. The highest BCUT2D eigenvalue weighted by atomic mass is 15.2. The standard InChI is InChI=1S/C31H28N2/c1-22(23(2)24-11-5-4-6-12-24)19-29(32-3)25-17-18-30-26(20-25)13-7-8-14-27-21-33(30)31-16-10-9-15-28(27)31/h4-12,14-20H,2,13,21H2,1,3H3/b8-7-,22-19-,27-14+,32-29?. The van der Waals surface area contributed by atoms with Crippen LogP contribution in [0.15, 0.2) is 114 Å². The summed E-state index contributed by atoms with van der Waals surface area (Å²) in [5, 5.41) is 0. The van der Waals surface area contributed by atoms with E-state index in [2.05, 4.69) is 102 Å². The van der Waals surface area contributed by atoms with E-state index in [-0.39, 0.29) is 0 Å². The molecule has 0 aliphatic carbocycles. The smallest absolute Gasteiger partial charge is 0.0646 e. The number of nitrogens with zero attached hydrogens (tertiary/aromatic N) is 2. The molecule has 0 atom stereocenters. The van der Waals surface area contributed by atoms with Gasteiger partial charge in [0.2, 0.25) is 0 Å². The topological polar surface area (TPSA) is 15.6 Å². The van der Waals surface area contributed by atoms with E-state index in [1.807, 2.05) is 25.2 Å². The summed E-state index contributed by atoms with van der Waals surface area (Å²) in [7, 11) is 1.86. The van der Waals surface area contributed by atoms with E-state index in [1.165, 1.54) is 28.1 Å². The molecule has 0 fully saturated rings. The van der Waals surface area contributed by atoms with Crippen molar-refractivity contribution >= 4 is 28.2 Å². The van der Waals surface area contributed by atoms with E-state index < -0.39 is 0 Å². The highest BCUT2D eigenvalue weighted by Gasteiger charge is 2.26. The molecule has 0 spiro atoms. The minimum atomic E-state index is 0.891. The zero-order valence-electron chi connectivity index (χ0n) is 19.3. The molecular weight excluding hydrogens is 400 g/mol. The molecule has 0 amide bonds. The molecule has 33 heavy (non-hydrogen) atoms. The van der Waals surface area contributed by atoms with Gasteiger partial charge in [-0.25, -0.2) is 0 Å². The summed E-state index contributed by atoms with van der Waals surface area (Å²) in [5.74, 6) is 0. The van der Waals surface area contributed by atoms with Crippen molar-refractivity contribution in [1.29, 1.82) is 0 Å². The van der Waals surface area contributed by atoms with Gasteiger partial charge in [-0.2, -0.15) is 0 Å². The van der Waals surface area contributed by atoms with Crippen LogP contribution < -0.4 is 4.90 Å². The third-order valence-corrected chi connectivity index (χ3v) is 6.50. The fourth-order valence-corrected chi connectivity index (χ4v) is 4.67. The van der Waals surface area contributed by atoms with E-state index in [9.17, 15) is 0 Å². The third kappa shape index (κ3) is 4.01. The Morgan fingerprint density at radius 1 is 0.939 bits per heavy atom. The van der Waals surface area contributed by atoms with Crippen LogP contribution >= 0.6 is 0 Å². The molecule has 2 aliphatic rings. The second-order valence-corrected chi connectivity index (χ2v) is 8.55. The van der Waals surface area contributed by atoms with Gasteiger partial charge in [0, 0.05) is 36.1 Å². The summed E-state index contributed by atoms with van der Waals surface area (Å²) < 4.78 is 0. The number of aliphatic imine (C=N–C) groups is 1. The third-order valence-electron chi connectivity index (χ3n) is 6.50. The van der Waals surface area contributed by atoms with E-state index in [0.717, 1.165) is 41.0 Å². The van der Waals surface area contributed by atoms with Crippen molar-refractivity contribution in [3.05, 3.63) is 132 Å². The van der Waals surface area contributed by atoms with Gasteiger partial charge in [0.1, 0.15) is 0 Å². The molecule has 2 heteroatoms. The maximum atomic E-state index is 4.62. The van der Waals surface area contributed by atoms with E-state index in [0.29, 0.717) is 0 Å². The molecule has 2 nitrogen and oxygen atoms in total. The van der Waals surface area contributed by atoms with Crippen molar-refractivity contribution < 1.29 is 0 Å². The van der Waals surface area contributed by atoms with Crippen LogP contribution in [0, 0.1) is 0 Å². The summed E-state index contributed by atoms with van der Waals surface area (Å²) in [6, 6.07) is 25.7. The summed E-state index contributed by atoms with van der Waals surface area (Å²) in [6.07, 6.45) is 9.74. The molecule has 5 rings (SSSR count). The minimum Gasteiger partial charge on any atom is -0.336 e. The summed E-state index contributed by atoms with van der Waals surface area (Å²) in [6.45, 7) is 7.32. The van der Waals surface area contributed by atoms with Gasteiger partial charge in [-0.05, 0) is 65.5 Å². The van der Waals surface area contributed by atoms with Crippen LogP contribution in [0.2, 0.25) is 0 Å². The van der Waals surface area contributed by atoms with Gasteiger partial charge in [0.25, 0.3) is 0 Å². The second kappa shape index (κ2) is 8.91. The number of fused-ring (bicyclic) bond motifs is 7. The Labute approximate surface area is 196 Å². The van der Waals surface area contributed by atoms with E-state index in [4.69, 9.17) is 0 Å². The van der Waals surface area contributed by atoms with Crippen LogP contribution in [0.25, 0.3) is 11.1 Å². The van der Waals surface area contributed by atoms with Crippen LogP contribution in [0.4, 0.5) is 11.4 Å². The highest BCUT2D eigenvalue weighted by molar-refractivity contribution is 6.11. The van der Waals surface area contributed by atoms with Crippen molar-refractivity contribution in [2.24, 2.45) is 4.99 Å². The number of hydrogen-bond donors (Lipinski definition) is 0. The van der Waals surface area contributed by atoms with Gasteiger partial charge in [-0.1, -0.05) is 79.4 Å². The van der Waals surface area contributed by atoms with Gasteiger partial charge >= 0.3 is 0 Å². The molecule has 2 heterocycles. The summed E-state index contributed by atoms with van der Waals surface area (Å²) in [4.78, 5) is 7.06. The van der Waals surface area contributed by atoms with Gasteiger partial charge in [-0.15, -0.1) is 0 Å². The number of anilines is 2. The molecule has 0 unspecified atom stereocenters. The number of allylic oxidation sites excluding steroid dienone is 6. The molecule has 3 aromatic carbocycles. The average molecular weight is 429 g/mol. The highest BCUT2D eigenvalue weighted by Crippen LogP contribution is 2.42. The first-order valence-electron chi connectivity index (χ1n) is 11.4. The lowest BCUT2D eigenvalue weighted by atomic mass is 9.96. The molecule has 0 radical (unpaired) electrons. The van der Waals surface area contributed by atoms with Crippen LogP contribution in [0.1, 0.15) is 29.2 Å². The molecule has 162 valence electrons. The predicted octanol–water partition coefficient (Wildman–Crippen LogP) is 7.41. The van der Waals surface area contributed by atoms with Gasteiger partial charge in [0.05, 0.1) is 5.71 Å². The molecule has 0 saturated carbocycles. The fraction of sp³-hybridized carbons (Fsp3) is 0.129. The van der Waals surface area contributed by atoms with Crippen molar-refractivity contribution in [2.75, 3.05) is 18.5 Å². The number of rotatable bonds is 4. The summed E-state index contributed by atoms with van der Waals surface area (Å²) in [5.41, 5.74) is 11.9. The second-order valence-electron chi connectivity index (χ2n) is 8.55. The van der Waals surface area contributed by atoms with Gasteiger partial charge in [-0.3, -0.25) is 4.99 Å². The van der Waals surface area contributed by atoms with Crippen molar-refractivity contribution in [1.82, 2.24) is 0 Å². The molecule has 2 aliphatic heterocycles. The number of hydrogen-bond acceptors (Lipinski definition) is 2. The van der Waals surface area contributed by atoms with Crippen LogP contribution in [0.5, 0.6) is 0 Å². The zero-order valence-corrected chi connectivity index (χ0v) is 19.3. The lowest BCUT2D eigenvalue weighted by Crippen LogP contribution is -2.15. The van der Waals surface area contributed by atoms with Crippen LogP contribution in [0.3, 0.4) is 0 Å². The monoisotopic (exact) mass is 428 g/mol. The van der Waals surface area contributed by atoms with Crippen molar-refractivity contribution in [3.63, 3.8) is 0 Å². The lowest BCUT2D eigenvalue weighted by Gasteiger charge is -2.23. The predicted molar refractivity (Wildman–Crippen MR) is 142 cm³/mol. The van der Waals surface area contributed by atoms with E-state index in [1.54, 1.807) is 0 Å². The number of para-hydroxylation sites is 1. The quantitative estimate of drug-likeness (QED) is 0.312. The Bertz CT molecular complexity index is 1340. The molecular formula is C31H28N2. The van der Waals surface area contributed by atoms with Gasteiger partial charge in [0.15, 0.2) is 0 Å². The maximum Gasteiger partial charge on any atom is 0.0646 e. The maximum absolute atomic E-state index is 4.62. The SMILES string of the molecule is C=C(/C(C)=C\C(=NC)c1ccc2c(c1)C/C=C\C=C1/CN2c2ccccc21)c1ccccc1. The van der Waals surface area contributed by atoms with Gasteiger partial charge < -0.3 is 4.90 Å². The Morgan fingerprint density at radius 3 is 2.55 bits per heavy atom. The van der Waals surface area contributed by atoms with Crippen molar-refractivity contribution in [2.45, 2.75) is 13.3 Å². The number of benzene rings is 3. The minimum absolute atomic E-state index is 0.891. The molecule has 0 aromatic heterocycles. The Hall–Kier alpha value is -3.91. The van der Waals surface area contributed by atoms with Crippen molar-refractivity contribution in [3.8, 4) is 0 Å². The Balaban J connectivity index is 1.51. The summed E-state index contributed by atoms with van der Waals surface area (Å²) >= 11 is 0. The van der Waals surface area contributed by atoms with Crippen LogP contribution in [-0.4, -0.2) is 19.3 Å². The largest absolute Gasteiger partial charge is 0.336 e. The lowest BCUT2D eigenvalue weighted by molar-refractivity contribution is 1.12. The Kier molecular flexibility index (Phi) is 5.66. The fourth-order valence-electron chi connectivity index (χ4n) is 4.67. The van der Waals surface area contributed by atoms with Crippen LogP contribution in [-0.2, 0) is 6.42 Å². The first-order valence-corrected chi connectivity index (χ1v) is 11.4. The Morgan fingerprint density at radius 2 is 1.73 bits per heavy atom. The van der Waals surface area contributed by atoms with E-state index >= 15 is 0 Å². The zero-order chi connectivity index (χ0) is 22.8. The molecule has 2 bridgehead atoms. The molecule has 3 aromatic rings. The molecule has 0 saturated heterocycles. The average Bonchev–Trinajstić information content (AvgIpc) is 3.27. The molecule has 0 N–H and O–H groups in total. The first-order chi connectivity index (χ1) is 16.2. The normalized spacial score (nSPS) is 17.8.